The summed E-state index contributed by atoms with van der Waals surface area (Å²) < 4.78 is 0. The third-order valence-electron chi connectivity index (χ3n) is 5.36. The van der Waals surface area contributed by atoms with Crippen molar-refractivity contribution in [1.82, 2.24) is 9.88 Å². The van der Waals surface area contributed by atoms with Gasteiger partial charge in [0.25, 0.3) is 0 Å². The van der Waals surface area contributed by atoms with Crippen molar-refractivity contribution >= 4 is 29.1 Å². The highest BCUT2D eigenvalue weighted by molar-refractivity contribution is 5.95. The largest absolute Gasteiger partial charge is 0.326 e. The van der Waals surface area contributed by atoms with E-state index in [0.717, 1.165) is 31.5 Å². The van der Waals surface area contributed by atoms with Crippen molar-refractivity contribution < 1.29 is 14.4 Å². The molecule has 7 heteroatoms. The van der Waals surface area contributed by atoms with E-state index in [2.05, 4.69) is 20.5 Å². The van der Waals surface area contributed by atoms with E-state index >= 15 is 0 Å². The van der Waals surface area contributed by atoms with E-state index in [9.17, 15) is 14.4 Å². The maximum Gasteiger partial charge on any atom is 0.228 e. The van der Waals surface area contributed by atoms with Gasteiger partial charge in [-0.25, -0.2) is 4.98 Å². The SMILES string of the molecule is CC(=O)c1ccc(NC(=O)CCN2CCC(C(=O)Nc3cc(C)ccn3)CC2)cc1. The Morgan fingerprint density at radius 2 is 1.77 bits per heavy atom. The number of hydrogen-bond donors (Lipinski definition) is 2. The number of piperidine rings is 1. The van der Waals surface area contributed by atoms with Crippen LogP contribution in [-0.4, -0.2) is 47.1 Å². The highest BCUT2D eigenvalue weighted by atomic mass is 16.2. The molecule has 2 heterocycles. The van der Waals surface area contributed by atoms with Gasteiger partial charge in [-0.1, -0.05) is 0 Å². The number of nitrogens with zero attached hydrogens (tertiary/aromatic N) is 2. The van der Waals surface area contributed by atoms with Crippen LogP contribution in [0.1, 0.15) is 42.1 Å². The third-order valence-corrected chi connectivity index (χ3v) is 5.36. The molecule has 7 nitrogen and oxygen atoms in total. The topological polar surface area (TPSA) is 91.4 Å². The molecule has 158 valence electrons. The lowest BCUT2D eigenvalue weighted by molar-refractivity contribution is -0.121. The fourth-order valence-electron chi connectivity index (χ4n) is 3.52. The van der Waals surface area contributed by atoms with Gasteiger partial charge in [-0.3, -0.25) is 14.4 Å². The maximum atomic E-state index is 12.5. The number of likely N-dealkylation sites (tertiary alicyclic amines) is 1. The number of amides is 2. The molecule has 2 aromatic rings. The Kier molecular flexibility index (Phi) is 7.30. The van der Waals surface area contributed by atoms with Crippen molar-refractivity contribution in [2.75, 3.05) is 30.3 Å². The van der Waals surface area contributed by atoms with Crippen LogP contribution < -0.4 is 10.6 Å². The van der Waals surface area contributed by atoms with E-state index in [1.54, 1.807) is 30.5 Å². The first-order chi connectivity index (χ1) is 14.4. The van der Waals surface area contributed by atoms with E-state index in [-0.39, 0.29) is 23.5 Å². The number of carbonyl (C=O) groups excluding carboxylic acids is 3. The van der Waals surface area contributed by atoms with Crippen molar-refractivity contribution in [3.8, 4) is 0 Å². The number of carbonyl (C=O) groups is 3. The molecule has 1 aromatic carbocycles. The van der Waals surface area contributed by atoms with Crippen molar-refractivity contribution in [2.45, 2.75) is 33.1 Å². The maximum absolute atomic E-state index is 12.5. The fourth-order valence-corrected chi connectivity index (χ4v) is 3.52. The summed E-state index contributed by atoms with van der Waals surface area (Å²) in [5.74, 6) is 0.517. The summed E-state index contributed by atoms with van der Waals surface area (Å²) in [5.41, 5.74) is 2.37. The summed E-state index contributed by atoms with van der Waals surface area (Å²) in [6, 6.07) is 10.6. The van der Waals surface area contributed by atoms with Crippen LogP contribution in [0, 0.1) is 12.8 Å². The van der Waals surface area contributed by atoms with Gasteiger partial charge in [-0.2, -0.15) is 0 Å². The zero-order valence-corrected chi connectivity index (χ0v) is 17.5. The molecule has 0 saturated carbocycles. The quantitative estimate of drug-likeness (QED) is 0.686. The number of pyridine rings is 1. The predicted molar refractivity (Wildman–Crippen MR) is 116 cm³/mol. The molecular weight excluding hydrogens is 380 g/mol. The molecule has 2 N–H and O–H groups in total. The number of aromatic nitrogens is 1. The molecule has 1 aromatic heterocycles. The minimum absolute atomic E-state index is 0.0000983. The lowest BCUT2D eigenvalue weighted by atomic mass is 9.96. The Balaban J connectivity index is 1.38. The number of benzene rings is 1. The van der Waals surface area contributed by atoms with Crippen molar-refractivity contribution in [3.63, 3.8) is 0 Å². The van der Waals surface area contributed by atoms with Gasteiger partial charge in [-0.05, 0) is 81.7 Å². The number of hydrogen-bond acceptors (Lipinski definition) is 5. The first-order valence-electron chi connectivity index (χ1n) is 10.3. The number of Topliss-reactive ketones (excluding diaryl/α,β-unsaturated/α-hetero) is 1. The second kappa shape index (κ2) is 10.1. The van der Waals surface area contributed by atoms with E-state index < -0.39 is 0 Å². The Morgan fingerprint density at radius 1 is 1.07 bits per heavy atom. The number of aryl methyl sites for hydroxylation is 1. The van der Waals surface area contributed by atoms with Crippen LogP contribution in [0.15, 0.2) is 42.6 Å². The first-order valence-corrected chi connectivity index (χ1v) is 10.3. The summed E-state index contributed by atoms with van der Waals surface area (Å²) in [6.07, 6.45) is 3.62. The highest BCUT2D eigenvalue weighted by Gasteiger charge is 2.25. The summed E-state index contributed by atoms with van der Waals surface area (Å²) in [7, 11) is 0. The molecular formula is C23H28N4O3. The van der Waals surface area contributed by atoms with Crippen LogP contribution in [-0.2, 0) is 9.59 Å². The summed E-state index contributed by atoms with van der Waals surface area (Å²) in [5, 5.41) is 5.76. The highest BCUT2D eigenvalue weighted by Crippen LogP contribution is 2.19. The van der Waals surface area contributed by atoms with Gasteiger partial charge < -0.3 is 15.5 Å². The molecule has 0 aliphatic carbocycles. The van der Waals surface area contributed by atoms with Gasteiger partial charge in [0.1, 0.15) is 5.82 Å². The Hall–Kier alpha value is -3.06. The molecule has 2 amide bonds. The van der Waals surface area contributed by atoms with Crippen molar-refractivity contribution in [3.05, 3.63) is 53.7 Å². The molecule has 0 atom stereocenters. The molecule has 3 rings (SSSR count). The van der Waals surface area contributed by atoms with Crippen LogP contribution in [0.4, 0.5) is 11.5 Å². The second-order valence-corrected chi connectivity index (χ2v) is 7.76. The van der Waals surface area contributed by atoms with Gasteiger partial charge in [-0.15, -0.1) is 0 Å². The first kappa shape index (κ1) is 21.6. The van der Waals surface area contributed by atoms with Gasteiger partial charge in [0.15, 0.2) is 5.78 Å². The fraction of sp³-hybridized carbons (Fsp3) is 0.391. The lowest BCUT2D eigenvalue weighted by Crippen LogP contribution is -2.39. The summed E-state index contributed by atoms with van der Waals surface area (Å²) in [4.78, 5) is 42.4. The van der Waals surface area contributed by atoms with E-state index in [0.29, 0.717) is 30.0 Å². The number of ketones is 1. The molecule has 1 aliphatic rings. The van der Waals surface area contributed by atoms with Crippen molar-refractivity contribution in [2.24, 2.45) is 5.92 Å². The molecule has 1 fully saturated rings. The standard InChI is InChI=1S/C23H28N4O3/c1-16-7-11-24-21(15-16)26-23(30)19-8-12-27(13-9-19)14-10-22(29)25-20-5-3-18(4-6-20)17(2)28/h3-7,11,15,19H,8-10,12-14H2,1-2H3,(H,25,29)(H,24,26,30). The monoisotopic (exact) mass is 408 g/mol. The second-order valence-electron chi connectivity index (χ2n) is 7.76. The molecule has 30 heavy (non-hydrogen) atoms. The van der Waals surface area contributed by atoms with E-state index in [4.69, 9.17) is 0 Å². The van der Waals surface area contributed by atoms with Gasteiger partial charge in [0.05, 0.1) is 0 Å². The van der Waals surface area contributed by atoms with Gasteiger partial charge in [0.2, 0.25) is 11.8 Å². The average molecular weight is 409 g/mol. The van der Waals surface area contributed by atoms with Crippen LogP contribution in [0.2, 0.25) is 0 Å². The van der Waals surface area contributed by atoms with Crippen LogP contribution in [0.5, 0.6) is 0 Å². The minimum atomic E-state index is -0.0593. The molecule has 0 radical (unpaired) electrons. The predicted octanol–water partition coefficient (Wildman–Crippen LogP) is 3.27. The molecule has 1 aliphatic heterocycles. The molecule has 0 unspecified atom stereocenters. The molecule has 0 spiro atoms. The Bertz CT molecular complexity index is 903. The van der Waals surface area contributed by atoms with Crippen LogP contribution in [0.25, 0.3) is 0 Å². The lowest BCUT2D eigenvalue weighted by Gasteiger charge is -2.31. The number of rotatable bonds is 7. The Labute approximate surface area is 176 Å². The zero-order chi connectivity index (χ0) is 21.5. The zero-order valence-electron chi connectivity index (χ0n) is 17.5. The number of anilines is 2. The van der Waals surface area contributed by atoms with Crippen LogP contribution in [0.3, 0.4) is 0 Å². The van der Waals surface area contributed by atoms with E-state index in [1.165, 1.54) is 6.92 Å². The smallest absolute Gasteiger partial charge is 0.228 e. The number of nitrogens with one attached hydrogen (secondary N) is 2. The normalized spacial score (nSPS) is 14.9. The van der Waals surface area contributed by atoms with Gasteiger partial charge in [0, 0.05) is 36.3 Å². The van der Waals surface area contributed by atoms with Crippen LogP contribution >= 0.6 is 0 Å². The van der Waals surface area contributed by atoms with Crippen molar-refractivity contribution in [1.29, 1.82) is 0 Å². The summed E-state index contributed by atoms with van der Waals surface area (Å²) in [6.45, 7) is 5.72. The summed E-state index contributed by atoms with van der Waals surface area (Å²) >= 11 is 0. The average Bonchev–Trinajstić information content (AvgIpc) is 2.73. The molecule has 1 saturated heterocycles. The third kappa shape index (κ3) is 6.22. The Morgan fingerprint density at radius 3 is 2.40 bits per heavy atom. The minimum Gasteiger partial charge on any atom is -0.326 e. The van der Waals surface area contributed by atoms with E-state index in [1.807, 2.05) is 19.1 Å². The molecule has 0 bridgehead atoms. The van der Waals surface area contributed by atoms with Gasteiger partial charge >= 0.3 is 0 Å².